The van der Waals surface area contributed by atoms with E-state index in [4.69, 9.17) is 0 Å². The Labute approximate surface area is 102 Å². The maximum absolute atomic E-state index is 12.3. The fourth-order valence-electron chi connectivity index (χ4n) is 1.23. The predicted octanol–water partition coefficient (Wildman–Crippen LogP) is 1.68. The van der Waals surface area contributed by atoms with Gasteiger partial charge in [-0.3, -0.25) is 4.79 Å². The molecule has 0 aromatic heterocycles. The zero-order valence-electron chi connectivity index (χ0n) is 9.52. The fourth-order valence-corrected chi connectivity index (χ4v) is 2.31. The van der Waals surface area contributed by atoms with Crippen LogP contribution in [0.4, 0.5) is 13.2 Å². The van der Waals surface area contributed by atoms with Crippen LogP contribution in [0.25, 0.3) is 0 Å². The second-order valence-corrected chi connectivity index (χ2v) is 5.73. The molecule has 0 aliphatic heterocycles. The molecule has 1 aromatic carbocycles. The van der Waals surface area contributed by atoms with Gasteiger partial charge in [0.25, 0.3) is 5.78 Å². The molecule has 0 amide bonds. The molecular formula is C10H10F3NO3S. The van der Waals surface area contributed by atoms with Crippen molar-refractivity contribution in [1.82, 2.24) is 4.31 Å². The van der Waals surface area contributed by atoms with Crippen LogP contribution in [0.3, 0.4) is 0 Å². The number of nitrogens with zero attached hydrogens (tertiary/aromatic N) is 1. The van der Waals surface area contributed by atoms with Crippen LogP contribution >= 0.6 is 0 Å². The van der Waals surface area contributed by atoms with E-state index in [1.807, 2.05) is 0 Å². The first-order valence-corrected chi connectivity index (χ1v) is 6.15. The average molecular weight is 281 g/mol. The van der Waals surface area contributed by atoms with Crippen molar-refractivity contribution in [2.24, 2.45) is 0 Å². The Morgan fingerprint density at radius 2 is 1.67 bits per heavy atom. The minimum absolute atomic E-state index is 0.655. The minimum atomic E-state index is -5.11. The second kappa shape index (κ2) is 4.69. The number of hydrogen-bond acceptors (Lipinski definition) is 3. The zero-order chi connectivity index (χ0) is 14.1. The minimum Gasteiger partial charge on any atom is -0.284 e. The van der Waals surface area contributed by atoms with Crippen LogP contribution in [0.1, 0.15) is 10.4 Å². The third-order valence-electron chi connectivity index (χ3n) is 2.15. The van der Waals surface area contributed by atoms with Crippen molar-refractivity contribution < 1.29 is 26.4 Å². The molecule has 0 N–H and O–H groups in total. The lowest BCUT2D eigenvalue weighted by Crippen LogP contribution is -2.28. The summed E-state index contributed by atoms with van der Waals surface area (Å²) in [4.78, 5) is 10.5. The molecule has 0 saturated carbocycles. The van der Waals surface area contributed by atoms with E-state index >= 15 is 0 Å². The lowest BCUT2D eigenvalue weighted by molar-refractivity contribution is -0.0887. The van der Waals surface area contributed by atoms with Crippen LogP contribution in [0, 0.1) is 0 Å². The van der Waals surface area contributed by atoms with Gasteiger partial charge < -0.3 is 0 Å². The van der Waals surface area contributed by atoms with Crippen molar-refractivity contribution in [3.63, 3.8) is 0 Å². The first-order chi connectivity index (χ1) is 8.08. The second-order valence-electron chi connectivity index (χ2n) is 3.61. The number of sulfonamides is 1. The average Bonchev–Trinajstić information content (AvgIpc) is 2.26. The molecule has 0 aliphatic carbocycles. The summed E-state index contributed by atoms with van der Waals surface area (Å²) in [5.41, 5.74) is -0.876. The number of halogens is 3. The zero-order valence-corrected chi connectivity index (χ0v) is 10.3. The molecule has 1 rings (SSSR count). The summed E-state index contributed by atoms with van der Waals surface area (Å²) in [6, 6.07) is 4.23. The molecule has 0 radical (unpaired) electrons. The van der Waals surface area contributed by atoms with Gasteiger partial charge in [-0.05, 0) is 12.1 Å². The molecule has 0 saturated heterocycles. The Hall–Kier alpha value is -1.41. The Morgan fingerprint density at radius 1 is 1.17 bits per heavy atom. The van der Waals surface area contributed by atoms with Crippen molar-refractivity contribution in [2.75, 3.05) is 14.1 Å². The number of carbonyl (C=O) groups is 1. The summed E-state index contributed by atoms with van der Waals surface area (Å²) >= 11 is 0. The van der Waals surface area contributed by atoms with E-state index in [0.29, 0.717) is 0 Å². The van der Waals surface area contributed by atoms with Crippen LogP contribution < -0.4 is 0 Å². The molecule has 18 heavy (non-hydrogen) atoms. The SMILES string of the molecule is CN(C)S(=O)(=O)c1ccccc1C(=O)C(F)(F)F. The molecule has 4 nitrogen and oxygen atoms in total. The quantitative estimate of drug-likeness (QED) is 0.792. The maximum Gasteiger partial charge on any atom is 0.454 e. The van der Waals surface area contributed by atoms with Gasteiger partial charge in [0, 0.05) is 19.7 Å². The predicted molar refractivity (Wildman–Crippen MR) is 57.7 cm³/mol. The van der Waals surface area contributed by atoms with Crippen molar-refractivity contribution in [2.45, 2.75) is 11.1 Å². The molecule has 0 unspecified atom stereocenters. The normalized spacial score (nSPS) is 12.8. The van der Waals surface area contributed by atoms with Crippen molar-refractivity contribution >= 4 is 15.8 Å². The Kier molecular flexibility index (Phi) is 3.82. The monoisotopic (exact) mass is 281 g/mol. The Morgan fingerprint density at radius 3 is 2.11 bits per heavy atom. The summed E-state index contributed by atoms with van der Waals surface area (Å²) in [6.45, 7) is 0. The van der Waals surface area contributed by atoms with E-state index in [2.05, 4.69) is 0 Å². The lowest BCUT2D eigenvalue weighted by atomic mass is 10.1. The summed E-state index contributed by atoms with van der Waals surface area (Å²) in [5.74, 6) is -2.18. The highest BCUT2D eigenvalue weighted by atomic mass is 32.2. The van der Waals surface area contributed by atoms with Gasteiger partial charge >= 0.3 is 6.18 Å². The molecule has 0 heterocycles. The van der Waals surface area contributed by atoms with Crippen LogP contribution in [0.15, 0.2) is 29.2 Å². The van der Waals surface area contributed by atoms with Crippen molar-refractivity contribution in [3.8, 4) is 0 Å². The van der Waals surface area contributed by atoms with Gasteiger partial charge in [-0.15, -0.1) is 0 Å². The summed E-state index contributed by atoms with van der Waals surface area (Å²) in [7, 11) is -1.76. The third kappa shape index (κ3) is 2.70. The third-order valence-corrected chi connectivity index (χ3v) is 4.02. The Bertz CT molecular complexity index is 564. The number of rotatable bonds is 3. The van der Waals surface area contributed by atoms with E-state index in [0.717, 1.165) is 16.4 Å². The van der Waals surface area contributed by atoms with Crippen LogP contribution in [-0.4, -0.2) is 38.8 Å². The topological polar surface area (TPSA) is 54.5 Å². The molecule has 8 heteroatoms. The van der Waals surface area contributed by atoms with Crippen LogP contribution in [-0.2, 0) is 10.0 Å². The Balaban J connectivity index is 3.47. The van der Waals surface area contributed by atoms with Gasteiger partial charge in [0.2, 0.25) is 10.0 Å². The number of ketones is 1. The number of Topliss-reactive ketones (excluding diaryl/α,β-unsaturated/α-hetero) is 1. The van der Waals surface area contributed by atoms with Crippen molar-refractivity contribution in [1.29, 1.82) is 0 Å². The van der Waals surface area contributed by atoms with Gasteiger partial charge in [0.1, 0.15) is 0 Å². The molecule has 0 atom stereocenters. The highest BCUT2D eigenvalue weighted by molar-refractivity contribution is 7.89. The van der Waals surface area contributed by atoms with Gasteiger partial charge in [-0.2, -0.15) is 13.2 Å². The largest absolute Gasteiger partial charge is 0.454 e. The van der Waals surface area contributed by atoms with E-state index < -0.39 is 32.4 Å². The first kappa shape index (κ1) is 14.7. The highest BCUT2D eigenvalue weighted by Gasteiger charge is 2.41. The molecular weight excluding hydrogens is 271 g/mol. The molecule has 1 aromatic rings. The number of carbonyl (C=O) groups excluding carboxylic acids is 1. The number of hydrogen-bond donors (Lipinski definition) is 0. The van der Waals surface area contributed by atoms with Gasteiger partial charge in [-0.1, -0.05) is 12.1 Å². The van der Waals surface area contributed by atoms with Crippen LogP contribution in [0.2, 0.25) is 0 Å². The smallest absolute Gasteiger partial charge is 0.284 e. The molecule has 0 spiro atoms. The van der Waals surface area contributed by atoms with Gasteiger partial charge in [0.15, 0.2) is 0 Å². The van der Waals surface area contributed by atoms with Crippen molar-refractivity contribution in [3.05, 3.63) is 29.8 Å². The van der Waals surface area contributed by atoms with Gasteiger partial charge in [-0.25, -0.2) is 12.7 Å². The summed E-state index contributed by atoms with van der Waals surface area (Å²) in [6.07, 6.45) is -5.11. The van der Waals surface area contributed by atoms with E-state index in [1.165, 1.54) is 26.2 Å². The molecule has 0 aliphatic rings. The highest BCUT2D eigenvalue weighted by Crippen LogP contribution is 2.26. The summed E-state index contributed by atoms with van der Waals surface area (Å²) in [5, 5.41) is 0. The fraction of sp³-hybridized carbons (Fsp3) is 0.300. The first-order valence-electron chi connectivity index (χ1n) is 4.71. The number of alkyl halides is 3. The molecule has 100 valence electrons. The molecule has 0 bridgehead atoms. The van der Waals surface area contributed by atoms with Gasteiger partial charge in [0.05, 0.1) is 4.90 Å². The van der Waals surface area contributed by atoms with E-state index in [1.54, 1.807) is 0 Å². The van der Waals surface area contributed by atoms with E-state index in [-0.39, 0.29) is 0 Å². The van der Waals surface area contributed by atoms with Crippen LogP contribution in [0.5, 0.6) is 0 Å². The molecule has 0 fully saturated rings. The standard InChI is InChI=1S/C10H10F3NO3S/c1-14(2)18(16,17)8-6-4-3-5-7(8)9(15)10(11,12)13/h3-6H,1-2H3. The lowest BCUT2D eigenvalue weighted by Gasteiger charge is -2.15. The number of benzene rings is 1. The van der Waals surface area contributed by atoms with E-state index in [9.17, 15) is 26.4 Å². The summed E-state index contributed by atoms with van der Waals surface area (Å²) < 4.78 is 61.4. The maximum atomic E-state index is 12.3.